The van der Waals surface area contributed by atoms with E-state index in [2.05, 4.69) is 45.4 Å². The van der Waals surface area contributed by atoms with Gasteiger partial charge in [-0.25, -0.2) is 0 Å². The molecule has 33 heavy (non-hydrogen) atoms. The first kappa shape index (κ1) is 23.3. The molecule has 4 aliphatic rings. The van der Waals surface area contributed by atoms with Crippen LogP contribution in [-0.4, -0.2) is 79.7 Å². The van der Waals surface area contributed by atoms with Crippen LogP contribution in [0.25, 0.3) is 0 Å². The molecule has 3 atom stereocenters. The summed E-state index contributed by atoms with van der Waals surface area (Å²) in [4.78, 5) is 26.7. The third-order valence-electron chi connectivity index (χ3n) is 7.28. The molecule has 0 radical (unpaired) electrons. The number of nitrogens with zero attached hydrogens (tertiary/aromatic N) is 2. The first-order chi connectivity index (χ1) is 16.1. The van der Waals surface area contributed by atoms with E-state index in [9.17, 15) is 4.79 Å². The second-order valence-electron chi connectivity index (χ2n) is 9.21. The van der Waals surface area contributed by atoms with E-state index in [1.54, 1.807) is 7.11 Å². The highest BCUT2D eigenvalue weighted by Crippen LogP contribution is 2.43. The molecule has 2 N–H and O–H groups in total. The van der Waals surface area contributed by atoms with E-state index in [1.807, 2.05) is 24.3 Å². The quantitative estimate of drug-likeness (QED) is 0.654. The summed E-state index contributed by atoms with van der Waals surface area (Å²) in [7, 11) is 1.69. The van der Waals surface area contributed by atoms with Crippen LogP contribution in [0.15, 0.2) is 54.6 Å². The molecule has 0 spiro atoms. The highest BCUT2D eigenvalue weighted by molar-refractivity contribution is 5.77. The molecule has 176 valence electrons. The van der Waals surface area contributed by atoms with E-state index in [-0.39, 0.29) is 23.8 Å². The average molecular weight is 452 g/mol. The van der Waals surface area contributed by atoms with Crippen LogP contribution >= 0.6 is 0 Å². The van der Waals surface area contributed by atoms with Crippen molar-refractivity contribution in [3.8, 4) is 5.75 Å². The Morgan fingerprint density at radius 1 is 1.09 bits per heavy atom. The van der Waals surface area contributed by atoms with E-state index < -0.39 is 0 Å². The molecule has 2 aromatic carbocycles. The van der Waals surface area contributed by atoms with Crippen LogP contribution in [0.5, 0.6) is 5.75 Å². The van der Waals surface area contributed by atoms with Gasteiger partial charge < -0.3 is 25.0 Å². The number of carboxylic acid groups (broad SMARTS) is 1. The third-order valence-corrected chi connectivity index (χ3v) is 7.28. The van der Waals surface area contributed by atoms with E-state index in [1.165, 1.54) is 5.56 Å². The Bertz CT molecular complexity index is 936. The van der Waals surface area contributed by atoms with Gasteiger partial charge in [-0.05, 0) is 23.6 Å². The van der Waals surface area contributed by atoms with Crippen LogP contribution < -0.4 is 10.1 Å². The number of piperidine rings is 2. The Morgan fingerprint density at radius 2 is 1.70 bits per heavy atom. The summed E-state index contributed by atoms with van der Waals surface area (Å²) in [5.74, 6) is 1.49. The fourth-order valence-corrected chi connectivity index (χ4v) is 5.97. The Hall–Kier alpha value is -2.90. The van der Waals surface area contributed by atoms with E-state index in [4.69, 9.17) is 14.6 Å². The first-order valence-corrected chi connectivity index (χ1v) is 11.6. The zero-order valence-electron chi connectivity index (χ0n) is 19.2. The largest absolute Gasteiger partial charge is 0.496 e. The van der Waals surface area contributed by atoms with Gasteiger partial charge in [0, 0.05) is 63.1 Å². The zero-order valence-corrected chi connectivity index (χ0v) is 19.2. The summed E-state index contributed by atoms with van der Waals surface area (Å²) in [5, 5.41) is 10.4. The lowest BCUT2D eigenvalue weighted by atomic mass is 9.64. The van der Waals surface area contributed by atoms with E-state index in [0.29, 0.717) is 18.8 Å². The summed E-state index contributed by atoms with van der Waals surface area (Å²) in [6, 6.07) is 19.0. The number of benzene rings is 2. The highest BCUT2D eigenvalue weighted by atomic mass is 16.5. The zero-order chi connectivity index (χ0) is 23.3. The maximum Gasteiger partial charge on any atom is 0.290 e. The van der Waals surface area contributed by atoms with E-state index >= 15 is 0 Å². The molecule has 0 aromatic heterocycles. The molecule has 7 heteroatoms. The fraction of sp³-hybridized carbons (Fsp3) is 0.462. The van der Waals surface area contributed by atoms with Gasteiger partial charge in [0.1, 0.15) is 5.75 Å². The molecule has 4 heterocycles. The van der Waals surface area contributed by atoms with Gasteiger partial charge in [0.15, 0.2) is 0 Å². The van der Waals surface area contributed by atoms with Crippen LogP contribution in [0.1, 0.15) is 17.5 Å². The molecular weight excluding hydrogens is 418 g/mol. The average Bonchev–Trinajstić information content (AvgIpc) is 3.09. The van der Waals surface area contributed by atoms with Crippen molar-refractivity contribution in [3.63, 3.8) is 0 Å². The second kappa shape index (κ2) is 10.4. The lowest BCUT2D eigenvalue weighted by Gasteiger charge is -2.55. The van der Waals surface area contributed by atoms with Crippen LogP contribution in [-0.2, 0) is 21.4 Å². The van der Waals surface area contributed by atoms with Crippen molar-refractivity contribution < 1.29 is 19.4 Å². The third kappa shape index (κ3) is 4.89. The standard InChI is InChI=1S/C25H31N3O2.CH2O2/c1-30-22-10-6-5-7-19(22)11-12-23(29)26-24-20-15-27-13-14-28(16-20)18-25(24,17-27)21-8-3-2-4-9-21;2-1-3/h2-10,20,24H,11-18H2,1H3,(H,26,29);1H,(H,2,3). The summed E-state index contributed by atoms with van der Waals surface area (Å²) in [5.41, 5.74) is 2.42. The summed E-state index contributed by atoms with van der Waals surface area (Å²) in [6.07, 6.45) is 1.19. The number of fused-ring (bicyclic) bond motifs is 1. The molecule has 7 nitrogen and oxygen atoms in total. The fourth-order valence-electron chi connectivity index (χ4n) is 5.97. The van der Waals surface area contributed by atoms with Crippen LogP contribution in [0.2, 0.25) is 0 Å². The minimum atomic E-state index is -0.250. The maximum atomic E-state index is 13.1. The predicted molar refractivity (Wildman–Crippen MR) is 126 cm³/mol. The van der Waals surface area contributed by atoms with Crippen LogP contribution in [0.4, 0.5) is 0 Å². The van der Waals surface area contributed by atoms with Gasteiger partial charge >= 0.3 is 0 Å². The summed E-state index contributed by atoms with van der Waals surface area (Å²) >= 11 is 0. The number of methoxy groups -OCH3 is 1. The molecule has 0 aliphatic carbocycles. The predicted octanol–water partition coefficient (Wildman–Crippen LogP) is 2.01. The van der Waals surface area contributed by atoms with Crippen LogP contribution in [0.3, 0.4) is 0 Å². The molecule has 4 fully saturated rings. The summed E-state index contributed by atoms with van der Waals surface area (Å²) < 4.78 is 5.45. The molecule has 0 saturated carbocycles. The van der Waals surface area contributed by atoms with Crippen molar-refractivity contribution in [1.29, 1.82) is 0 Å². The van der Waals surface area contributed by atoms with Crippen molar-refractivity contribution in [2.24, 2.45) is 5.92 Å². The Morgan fingerprint density at radius 3 is 2.33 bits per heavy atom. The number of carbonyl (C=O) groups is 2. The van der Waals surface area contributed by atoms with Gasteiger partial charge in [-0.2, -0.15) is 0 Å². The molecule has 4 aliphatic heterocycles. The van der Waals surface area contributed by atoms with Gasteiger partial charge in [0.2, 0.25) is 5.91 Å². The smallest absolute Gasteiger partial charge is 0.290 e. The normalized spacial score (nSPS) is 29.4. The number of rotatable bonds is 6. The number of para-hydroxylation sites is 1. The van der Waals surface area contributed by atoms with Crippen molar-refractivity contribution in [2.75, 3.05) is 46.4 Å². The number of carbonyl (C=O) groups excluding carboxylic acids is 1. The monoisotopic (exact) mass is 451 g/mol. The maximum absolute atomic E-state index is 13.1. The van der Waals surface area contributed by atoms with Crippen molar-refractivity contribution in [3.05, 3.63) is 65.7 Å². The second-order valence-corrected chi connectivity index (χ2v) is 9.21. The number of amides is 1. The van der Waals surface area contributed by atoms with Gasteiger partial charge in [-0.3, -0.25) is 9.59 Å². The lowest BCUT2D eigenvalue weighted by molar-refractivity contribution is -0.124. The van der Waals surface area contributed by atoms with Crippen molar-refractivity contribution in [1.82, 2.24) is 15.1 Å². The molecular formula is C26H33N3O4. The van der Waals surface area contributed by atoms with Gasteiger partial charge in [-0.1, -0.05) is 48.5 Å². The van der Waals surface area contributed by atoms with Crippen LogP contribution in [0, 0.1) is 5.92 Å². The number of aryl methyl sites for hydroxylation is 1. The van der Waals surface area contributed by atoms with Crippen molar-refractivity contribution in [2.45, 2.75) is 24.3 Å². The van der Waals surface area contributed by atoms with Gasteiger partial charge in [0.05, 0.1) is 7.11 Å². The first-order valence-electron chi connectivity index (χ1n) is 11.6. The van der Waals surface area contributed by atoms with Crippen molar-refractivity contribution >= 4 is 12.4 Å². The van der Waals surface area contributed by atoms with Gasteiger partial charge in [-0.15, -0.1) is 0 Å². The minimum absolute atomic E-state index is 0.0287. The topological polar surface area (TPSA) is 82.1 Å². The Balaban J connectivity index is 0.000000821. The molecule has 6 rings (SSSR count). The molecule has 2 aromatic rings. The lowest BCUT2D eigenvalue weighted by Crippen LogP contribution is -2.70. The highest BCUT2D eigenvalue weighted by Gasteiger charge is 2.55. The molecule has 4 bridgehead atoms. The number of ether oxygens (including phenoxy) is 1. The number of nitrogens with one attached hydrogen (secondary N) is 1. The molecule has 4 saturated heterocycles. The number of hydrogen-bond acceptors (Lipinski definition) is 5. The Labute approximate surface area is 195 Å². The Kier molecular flexibility index (Phi) is 7.30. The molecule has 3 unspecified atom stereocenters. The van der Waals surface area contributed by atoms with E-state index in [0.717, 1.165) is 50.6 Å². The van der Waals surface area contributed by atoms with Gasteiger partial charge in [0.25, 0.3) is 6.47 Å². The summed E-state index contributed by atoms with van der Waals surface area (Å²) in [6.45, 7) is 6.26. The minimum Gasteiger partial charge on any atom is -0.496 e. The SMILES string of the molecule is COc1ccccc1CCC(=O)NC1C2CN3CCN(C2)CC1(c1ccccc1)C3.O=CO. The molecule has 1 amide bonds. The number of hydrogen-bond donors (Lipinski definition) is 2.